The normalized spacial score (nSPS) is 11.2. The van der Waals surface area contributed by atoms with E-state index in [4.69, 9.17) is 5.73 Å². The summed E-state index contributed by atoms with van der Waals surface area (Å²) in [5, 5.41) is 10.5. The molecule has 18 heavy (non-hydrogen) atoms. The van der Waals surface area contributed by atoms with Crippen LogP contribution in [0.3, 0.4) is 0 Å². The maximum atomic E-state index is 11.9. The number of halogens is 1. The van der Waals surface area contributed by atoms with Gasteiger partial charge in [-0.3, -0.25) is 9.89 Å². The van der Waals surface area contributed by atoms with Crippen LogP contribution in [0.4, 0.5) is 0 Å². The molecule has 0 fully saturated rings. The van der Waals surface area contributed by atoms with Crippen molar-refractivity contribution in [2.24, 2.45) is 5.73 Å². The second-order valence-corrected chi connectivity index (χ2v) is 4.92. The Morgan fingerprint density at radius 1 is 1.50 bits per heavy atom. The lowest BCUT2D eigenvalue weighted by Gasteiger charge is -1.99. The Kier molecular flexibility index (Phi) is 4.32. The maximum absolute atomic E-state index is 11.9. The van der Waals surface area contributed by atoms with Crippen molar-refractivity contribution in [2.75, 3.05) is 13.1 Å². The first-order chi connectivity index (χ1) is 8.72. The summed E-state index contributed by atoms with van der Waals surface area (Å²) in [6, 6.07) is 5.81. The molecule has 0 aliphatic heterocycles. The minimum Gasteiger partial charge on any atom is -0.347 e. The van der Waals surface area contributed by atoms with Crippen LogP contribution >= 0.6 is 22.6 Å². The summed E-state index contributed by atoms with van der Waals surface area (Å²) < 4.78 is 1.07. The van der Waals surface area contributed by atoms with Crippen molar-refractivity contribution in [2.45, 2.75) is 0 Å². The van der Waals surface area contributed by atoms with Crippen LogP contribution in [-0.4, -0.2) is 29.2 Å². The van der Waals surface area contributed by atoms with Crippen molar-refractivity contribution in [1.29, 1.82) is 0 Å². The number of carbonyl (C=O) groups excluding carboxylic acids is 1. The van der Waals surface area contributed by atoms with E-state index >= 15 is 0 Å². The number of benzene rings is 1. The fourth-order valence-corrected chi connectivity index (χ4v) is 2.07. The minimum absolute atomic E-state index is 0.190. The minimum atomic E-state index is -0.190. The lowest BCUT2D eigenvalue weighted by molar-refractivity contribution is 0.0954. The van der Waals surface area contributed by atoms with Crippen molar-refractivity contribution >= 4 is 39.4 Å². The van der Waals surface area contributed by atoms with Gasteiger partial charge < -0.3 is 11.1 Å². The number of amides is 1. The first-order valence-electron chi connectivity index (χ1n) is 5.49. The Morgan fingerprint density at radius 2 is 2.33 bits per heavy atom. The summed E-state index contributed by atoms with van der Waals surface area (Å²) in [4.78, 5) is 11.9. The van der Waals surface area contributed by atoms with Crippen molar-refractivity contribution < 1.29 is 4.79 Å². The van der Waals surface area contributed by atoms with Crippen LogP contribution in [-0.2, 0) is 0 Å². The number of fused-ring (bicyclic) bond motifs is 1. The SMILES string of the molecule is NC/C=C/CNC(=O)c1n[nH]c2ccc(I)cc12. The van der Waals surface area contributed by atoms with Gasteiger partial charge in [0.05, 0.1) is 5.52 Å². The lowest BCUT2D eigenvalue weighted by atomic mass is 10.2. The monoisotopic (exact) mass is 356 g/mol. The number of nitrogens with two attached hydrogens (primary N) is 1. The lowest BCUT2D eigenvalue weighted by Crippen LogP contribution is -2.24. The molecule has 0 saturated heterocycles. The predicted octanol–water partition coefficient (Wildman–Crippen LogP) is 1.41. The molecule has 4 N–H and O–H groups in total. The van der Waals surface area contributed by atoms with Gasteiger partial charge in [-0.25, -0.2) is 0 Å². The maximum Gasteiger partial charge on any atom is 0.272 e. The summed E-state index contributed by atoms with van der Waals surface area (Å²) in [7, 11) is 0. The molecule has 1 aromatic carbocycles. The van der Waals surface area contributed by atoms with E-state index in [0.717, 1.165) is 14.5 Å². The summed E-state index contributed by atoms with van der Waals surface area (Å²) in [6.45, 7) is 0.924. The average Bonchev–Trinajstić information content (AvgIpc) is 2.77. The van der Waals surface area contributed by atoms with E-state index in [0.29, 0.717) is 18.8 Å². The van der Waals surface area contributed by atoms with Gasteiger partial charge in [-0.05, 0) is 40.8 Å². The average molecular weight is 356 g/mol. The molecule has 94 valence electrons. The Morgan fingerprint density at radius 3 is 3.11 bits per heavy atom. The van der Waals surface area contributed by atoms with E-state index < -0.39 is 0 Å². The Labute approximate surface area is 118 Å². The molecule has 0 unspecified atom stereocenters. The molecule has 0 bridgehead atoms. The number of hydrogen-bond acceptors (Lipinski definition) is 3. The first-order valence-corrected chi connectivity index (χ1v) is 6.57. The zero-order valence-electron chi connectivity index (χ0n) is 9.61. The van der Waals surface area contributed by atoms with E-state index in [-0.39, 0.29) is 5.91 Å². The van der Waals surface area contributed by atoms with Gasteiger partial charge in [0, 0.05) is 22.0 Å². The number of H-pyrrole nitrogens is 1. The first kappa shape index (κ1) is 13.0. The molecule has 6 heteroatoms. The number of nitrogens with zero attached hydrogens (tertiary/aromatic N) is 1. The van der Waals surface area contributed by atoms with Gasteiger partial charge in [-0.2, -0.15) is 5.10 Å². The van der Waals surface area contributed by atoms with Crippen molar-refractivity contribution in [3.05, 3.63) is 39.6 Å². The smallest absolute Gasteiger partial charge is 0.272 e. The molecule has 0 aliphatic rings. The van der Waals surface area contributed by atoms with Gasteiger partial charge in [-0.15, -0.1) is 0 Å². The summed E-state index contributed by atoms with van der Waals surface area (Å²) >= 11 is 2.21. The molecule has 0 radical (unpaired) electrons. The summed E-state index contributed by atoms with van der Waals surface area (Å²) in [6.07, 6.45) is 3.61. The van der Waals surface area contributed by atoms with Crippen LogP contribution in [0.2, 0.25) is 0 Å². The third-order valence-corrected chi connectivity index (χ3v) is 3.09. The Bertz CT molecular complexity index is 591. The van der Waals surface area contributed by atoms with Crippen LogP contribution in [0.1, 0.15) is 10.5 Å². The quantitative estimate of drug-likeness (QED) is 0.572. The largest absolute Gasteiger partial charge is 0.347 e. The van der Waals surface area contributed by atoms with Crippen LogP contribution in [0, 0.1) is 3.57 Å². The molecule has 1 aromatic heterocycles. The standard InChI is InChI=1S/C12H13IN4O/c13-8-3-4-10-9(7-8)11(17-16-10)12(18)15-6-2-1-5-14/h1-4,7H,5-6,14H2,(H,15,18)(H,16,17)/b2-1+. The van der Waals surface area contributed by atoms with E-state index in [1.165, 1.54) is 0 Å². The molecule has 0 atom stereocenters. The highest BCUT2D eigenvalue weighted by Crippen LogP contribution is 2.18. The fraction of sp³-hybridized carbons (Fsp3) is 0.167. The Balaban J connectivity index is 2.17. The highest BCUT2D eigenvalue weighted by atomic mass is 127. The summed E-state index contributed by atoms with van der Waals surface area (Å²) in [5.41, 5.74) is 6.59. The molecule has 5 nitrogen and oxygen atoms in total. The molecule has 0 saturated carbocycles. The van der Waals surface area contributed by atoms with Crippen molar-refractivity contribution in [3.8, 4) is 0 Å². The van der Waals surface area contributed by atoms with E-state index in [2.05, 4.69) is 38.1 Å². The second-order valence-electron chi connectivity index (χ2n) is 3.68. The molecule has 1 amide bonds. The van der Waals surface area contributed by atoms with Crippen LogP contribution in [0.25, 0.3) is 10.9 Å². The van der Waals surface area contributed by atoms with Gasteiger partial charge in [-0.1, -0.05) is 12.2 Å². The van der Waals surface area contributed by atoms with E-state index in [1.807, 2.05) is 24.3 Å². The molecule has 0 aliphatic carbocycles. The third kappa shape index (κ3) is 2.88. The number of carbonyl (C=O) groups is 1. The Hall–Kier alpha value is -1.41. The number of aromatic nitrogens is 2. The number of hydrogen-bond donors (Lipinski definition) is 3. The number of nitrogens with one attached hydrogen (secondary N) is 2. The van der Waals surface area contributed by atoms with Gasteiger partial charge in [0.15, 0.2) is 5.69 Å². The van der Waals surface area contributed by atoms with Gasteiger partial charge in [0.1, 0.15) is 0 Å². The molecule has 2 rings (SSSR count). The molecule has 1 heterocycles. The van der Waals surface area contributed by atoms with Gasteiger partial charge >= 0.3 is 0 Å². The topological polar surface area (TPSA) is 83.8 Å². The number of rotatable bonds is 4. The fourth-order valence-electron chi connectivity index (χ4n) is 1.57. The predicted molar refractivity (Wildman–Crippen MR) is 79.3 cm³/mol. The van der Waals surface area contributed by atoms with E-state index in [1.54, 1.807) is 6.08 Å². The third-order valence-electron chi connectivity index (χ3n) is 2.42. The zero-order valence-corrected chi connectivity index (χ0v) is 11.8. The second kappa shape index (κ2) is 5.96. The highest BCUT2D eigenvalue weighted by Gasteiger charge is 2.13. The van der Waals surface area contributed by atoms with Crippen LogP contribution in [0.15, 0.2) is 30.4 Å². The molecule has 2 aromatic rings. The highest BCUT2D eigenvalue weighted by molar-refractivity contribution is 14.1. The van der Waals surface area contributed by atoms with Crippen molar-refractivity contribution in [3.63, 3.8) is 0 Å². The van der Waals surface area contributed by atoms with E-state index in [9.17, 15) is 4.79 Å². The zero-order chi connectivity index (χ0) is 13.0. The van der Waals surface area contributed by atoms with Crippen molar-refractivity contribution in [1.82, 2.24) is 15.5 Å². The molecule has 0 spiro atoms. The molecular formula is C12H13IN4O. The van der Waals surface area contributed by atoms with Crippen LogP contribution < -0.4 is 11.1 Å². The van der Waals surface area contributed by atoms with Crippen LogP contribution in [0.5, 0.6) is 0 Å². The number of aromatic amines is 1. The summed E-state index contributed by atoms with van der Waals surface area (Å²) in [5.74, 6) is -0.190. The van der Waals surface area contributed by atoms with Gasteiger partial charge in [0.2, 0.25) is 0 Å². The van der Waals surface area contributed by atoms with Gasteiger partial charge in [0.25, 0.3) is 5.91 Å². The molecular weight excluding hydrogens is 343 g/mol.